The van der Waals surface area contributed by atoms with Gasteiger partial charge in [0.25, 0.3) is 0 Å². The summed E-state index contributed by atoms with van der Waals surface area (Å²) in [4.78, 5) is 24.5. The molecule has 1 amide bonds. The van der Waals surface area contributed by atoms with Crippen LogP contribution in [0, 0.1) is 0 Å². The predicted octanol–water partition coefficient (Wildman–Crippen LogP) is 3.92. The van der Waals surface area contributed by atoms with Crippen LogP contribution in [0.3, 0.4) is 0 Å². The maximum absolute atomic E-state index is 12.1. The van der Waals surface area contributed by atoms with Gasteiger partial charge in [0.15, 0.2) is 0 Å². The molecular formula is C18H25N3O2S. The Morgan fingerprint density at radius 3 is 2.83 bits per heavy atom. The summed E-state index contributed by atoms with van der Waals surface area (Å²) in [6.45, 7) is 7.09. The molecule has 0 radical (unpaired) electrons. The molecule has 1 aromatic heterocycles. The van der Waals surface area contributed by atoms with Crippen LogP contribution in [-0.2, 0) is 11.2 Å². The second-order valence-electron chi connectivity index (χ2n) is 7.28. The fourth-order valence-corrected chi connectivity index (χ4v) is 3.80. The van der Waals surface area contributed by atoms with Crippen molar-refractivity contribution in [1.82, 2.24) is 9.88 Å². The number of aromatic nitrogens is 1. The van der Waals surface area contributed by atoms with Gasteiger partial charge in [-0.3, -0.25) is 4.99 Å². The number of carbonyl (C=O) groups is 1. The fourth-order valence-electron chi connectivity index (χ4n) is 2.85. The number of nitrogens with zero attached hydrogens (tertiary/aromatic N) is 3. The number of carbonyl (C=O) groups excluding carboxylic acids is 1. The highest BCUT2D eigenvalue weighted by Crippen LogP contribution is 2.25. The Morgan fingerprint density at radius 2 is 2.17 bits per heavy atom. The number of thiazole rings is 1. The number of aliphatic imine (C=N–C) groups is 1. The molecular weight excluding hydrogens is 322 g/mol. The summed E-state index contributed by atoms with van der Waals surface area (Å²) in [7, 11) is 0. The number of piperidine rings is 1. The van der Waals surface area contributed by atoms with E-state index in [0.717, 1.165) is 36.4 Å². The number of likely N-dealkylation sites (tertiary alicyclic amines) is 1. The lowest BCUT2D eigenvalue weighted by Crippen LogP contribution is -2.42. The molecule has 6 heteroatoms. The number of amides is 1. The molecule has 1 aliphatic heterocycles. The van der Waals surface area contributed by atoms with E-state index in [-0.39, 0.29) is 12.1 Å². The molecule has 1 aliphatic carbocycles. The summed E-state index contributed by atoms with van der Waals surface area (Å²) in [5, 5.41) is 0.987. The first kappa shape index (κ1) is 17.1. The molecule has 130 valence electrons. The predicted molar refractivity (Wildman–Crippen MR) is 97.9 cm³/mol. The molecule has 0 spiro atoms. The Balaban J connectivity index is 1.51. The molecule has 0 N–H and O–H groups in total. The summed E-state index contributed by atoms with van der Waals surface area (Å²) >= 11 is 1.74. The standard InChI is InChI=1S/C18H25N3O2S/c1-18(2,3)23-17(22)21-10-8-13(9-11-21)19-12-16-20-14-6-4-5-7-15(14)24-16/h4,6,12-13H,5,7-11H2,1-3H3. The number of fused-ring (bicyclic) bond motifs is 1. The van der Waals surface area contributed by atoms with E-state index < -0.39 is 5.60 Å². The van der Waals surface area contributed by atoms with Gasteiger partial charge in [-0.05, 0) is 52.5 Å². The summed E-state index contributed by atoms with van der Waals surface area (Å²) in [5.74, 6) is 0. The van der Waals surface area contributed by atoms with Crippen molar-refractivity contribution in [1.29, 1.82) is 0 Å². The van der Waals surface area contributed by atoms with Crippen LogP contribution in [0.5, 0.6) is 0 Å². The van der Waals surface area contributed by atoms with Crippen LogP contribution in [-0.4, -0.2) is 46.9 Å². The highest BCUT2D eigenvalue weighted by molar-refractivity contribution is 7.13. The van der Waals surface area contributed by atoms with Gasteiger partial charge in [-0.1, -0.05) is 6.08 Å². The molecule has 5 nitrogen and oxygen atoms in total. The molecule has 0 saturated carbocycles. The molecule has 2 heterocycles. The van der Waals surface area contributed by atoms with Crippen molar-refractivity contribution < 1.29 is 9.53 Å². The minimum Gasteiger partial charge on any atom is -0.444 e. The van der Waals surface area contributed by atoms with Gasteiger partial charge in [0.1, 0.15) is 10.6 Å². The summed E-state index contributed by atoms with van der Waals surface area (Å²) in [6, 6.07) is 0.264. The van der Waals surface area contributed by atoms with Crippen LogP contribution in [0.2, 0.25) is 0 Å². The summed E-state index contributed by atoms with van der Waals surface area (Å²) < 4.78 is 5.42. The Labute approximate surface area is 147 Å². The zero-order chi connectivity index (χ0) is 17.2. The topological polar surface area (TPSA) is 54.8 Å². The molecule has 1 saturated heterocycles. The molecule has 0 unspecified atom stereocenters. The summed E-state index contributed by atoms with van der Waals surface area (Å²) in [6.07, 6.45) is 9.91. The zero-order valence-electron chi connectivity index (χ0n) is 14.6. The lowest BCUT2D eigenvalue weighted by molar-refractivity contribution is 0.0207. The van der Waals surface area contributed by atoms with E-state index in [0.29, 0.717) is 13.1 Å². The van der Waals surface area contributed by atoms with Gasteiger partial charge in [-0.2, -0.15) is 0 Å². The molecule has 0 atom stereocenters. The smallest absolute Gasteiger partial charge is 0.410 e. The zero-order valence-corrected chi connectivity index (χ0v) is 15.4. The van der Waals surface area contributed by atoms with Gasteiger partial charge in [-0.15, -0.1) is 11.3 Å². The number of allylic oxidation sites excluding steroid dienone is 1. The van der Waals surface area contributed by atoms with E-state index in [9.17, 15) is 4.79 Å². The number of aryl methyl sites for hydroxylation is 1. The minimum atomic E-state index is -0.440. The number of ether oxygens (including phenoxy) is 1. The molecule has 0 aromatic carbocycles. The second-order valence-corrected chi connectivity index (χ2v) is 8.39. The van der Waals surface area contributed by atoms with Gasteiger partial charge in [0, 0.05) is 18.0 Å². The van der Waals surface area contributed by atoms with E-state index in [1.807, 2.05) is 27.0 Å². The van der Waals surface area contributed by atoms with Gasteiger partial charge in [0.05, 0.1) is 18.0 Å². The third-order valence-electron chi connectivity index (χ3n) is 4.07. The lowest BCUT2D eigenvalue weighted by atomic mass is 10.1. The largest absolute Gasteiger partial charge is 0.444 e. The second kappa shape index (κ2) is 7.05. The molecule has 1 fully saturated rings. The first-order chi connectivity index (χ1) is 11.4. The lowest BCUT2D eigenvalue weighted by Gasteiger charge is -2.32. The number of hydrogen-bond donors (Lipinski definition) is 0. The van der Waals surface area contributed by atoms with Crippen molar-refractivity contribution in [3.63, 3.8) is 0 Å². The maximum atomic E-state index is 12.1. The van der Waals surface area contributed by atoms with Crippen LogP contribution in [0.1, 0.15) is 55.6 Å². The molecule has 0 bridgehead atoms. The quantitative estimate of drug-likeness (QED) is 0.762. The first-order valence-electron chi connectivity index (χ1n) is 8.58. The first-order valence-corrected chi connectivity index (χ1v) is 9.40. The van der Waals surface area contributed by atoms with E-state index >= 15 is 0 Å². The van der Waals surface area contributed by atoms with Crippen molar-refractivity contribution in [2.75, 3.05) is 13.1 Å². The Bertz CT molecular complexity index is 650. The highest BCUT2D eigenvalue weighted by atomic mass is 32.1. The van der Waals surface area contributed by atoms with Crippen molar-refractivity contribution >= 4 is 29.7 Å². The van der Waals surface area contributed by atoms with Crippen LogP contribution in [0.4, 0.5) is 4.79 Å². The normalized spacial score (nSPS) is 18.9. The van der Waals surface area contributed by atoms with E-state index in [1.165, 1.54) is 4.88 Å². The SMILES string of the molecule is CC(C)(C)OC(=O)N1CCC(N=Cc2nc3c(s2)CCC=C3)CC1. The van der Waals surface area contributed by atoms with Gasteiger partial charge >= 0.3 is 6.09 Å². The Morgan fingerprint density at radius 1 is 1.42 bits per heavy atom. The molecule has 24 heavy (non-hydrogen) atoms. The number of hydrogen-bond acceptors (Lipinski definition) is 5. The Hall–Kier alpha value is -1.69. The third kappa shape index (κ3) is 4.44. The average molecular weight is 347 g/mol. The summed E-state index contributed by atoms with van der Waals surface area (Å²) in [5.41, 5.74) is 0.664. The average Bonchev–Trinajstić information content (AvgIpc) is 2.94. The fraction of sp³-hybridized carbons (Fsp3) is 0.611. The maximum Gasteiger partial charge on any atom is 0.410 e. The van der Waals surface area contributed by atoms with Crippen LogP contribution in [0.25, 0.3) is 6.08 Å². The van der Waals surface area contributed by atoms with Crippen LogP contribution in [0.15, 0.2) is 11.1 Å². The molecule has 2 aliphatic rings. The molecule has 3 rings (SSSR count). The van der Waals surface area contributed by atoms with Gasteiger partial charge in [-0.25, -0.2) is 9.78 Å². The van der Waals surface area contributed by atoms with Crippen molar-refractivity contribution in [3.8, 4) is 0 Å². The minimum absolute atomic E-state index is 0.218. The third-order valence-corrected chi connectivity index (χ3v) is 5.14. The van der Waals surface area contributed by atoms with Gasteiger partial charge in [0.2, 0.25) is 0 Å². The van der Waals surface area contributed by atoms with E-state index in [4.69, 9.17) is 4.74 Å². The Kier molecular flexibility index (Phi) is 5.04. The monoisotopic (exact) mass is 347 g/mol. The van der Waals surface area contributed by atoms with Crippen LogP contribution >= 0.6 is 11.3 Å². The van der Waals surface area contributed by atoms with E-state index in [1.54, 1.807) is 16.2 Å². The van der Waals surface area contributed by atoms with Crippen molar-refractivity contribution in [2.24, 2.45) is 4.99 Å². The molecule has 1 aromatic rings. The van der Waals surface area contributed by atoms with Crippen LogP contribution < -0.4 is 0 Å². The number of rotatable bonds is 2. The van der Waals surface area contributed by atoms with Crippen molar-refractivity contribution in [2.45, 2.75) is 58.1 Å². The van der Waals surface area contributed by atoms with E-state index in [2.05, 4.69) is 22.1 Å². The van der Waals surface area contributed by atoms with Crippen molar-refractivity contribution in [3.05, 3.63) is 21.7 Å². The highest BCUT2D eigenvalue weighted by Gasteiger charge is 2.26. The van der Waals surface area contributed by atoms with Gasteiger partial charge < -0.3 is 9.64 Å².